The van der Waals surface area contributed by atoms with Gasteiger partial charge < -0.3 is 34.5 Å². The summed E-state index contributed by atoms with van der Waals surface area (Å²) in [6.07, 6.45) is -5.70. The van der Waals surface area contributed by atoms with E-state index in [0.29, 0.717) is 16.1 Å². The van der Waals surface area contributed by atoms with Crippen molar-refractivity contribution in [2.45, 2.75) is 62.1 Å². The van der Waals surface area contributed by atoms with E-state index in [0.717, 1.165) is 6.07 Å². The molecule has 3 unspecified atom stereocenters. The number of carbonyl (C=O) groups is 1. The Morgan fingerprint density at radius 3 is 2.58 bits per heavy atom. The third-order valence-electron chi connectivity index (χ3n) is 8.17. The van der Waals surface area contributed by atoms with Gasteiger partial charge >= 0.3 is 19.9 Å². The number of anilines is 1. The molecule has 2 aromatic carbocycles. The Hall–Kier alpha value is -3.76. The Morgan fingerprint density at radius 1 is 1.19 bits per heavy atom. The number of halogens is 4. The number of benzene rings is 2. The first-order valence-corrected chi connectivity index (χ1v) is 16.5. The maximum atomic E-state index is 14.3. The predicted octanol–water partition coefficient (Wildman–Crippen LogP) is 4.76. The monoisotopic (exact) mass is 711 g/mol. The molecule has 5 N–H and O–H groups in total. The van der Waals surface area contributed by atoms with Crippen LogP contribution in [0.1, 0.15) is 37.1 Å². The molecule has 1 saturated heterocycles. The van der Waals surface area contributed by atoms with Crippen LogP contribution in [0.4, 0.5) is 19.0 Å². The zero-order valence-electron chi connectivity index (χ0n) is 25.1. The zero-order valence-corrected chi connectivity index (χ0v) is 26.8. The molecule has 2 fully saturated rings. The maximum Gasteiger partial charge on any atom is 0.459 e. The smallest absolute Gasteiger partial charge is 0.459 e. The van der Waals surface area contributed by atoms with Gasteiger partial charge in [-0.3, -0.25) is 9.32 Å². The number of aliphatic hydroxyl groups is 2. The number of aliphatic hydroxyl groups excluding tert-OH is 1. The van der Waals surface area contributed by atoms with E-state index >= 15 is 0 Å². The molecule has 3 heterocycles. The largest absolute Gasteiger partial charge is 0.459 e. The lowest BCUT2D eigenvalue weighted by Crippen LogP contribution is -2.45. The van der Waals surface area contributed by atoms with E-state index in [9.17, 15) is 32.7 Å². The van der Waals surface area contributed by atoms with E-state index < -0.39 is 68.2 Å². The van der Waals surface area contributed by atoms with Crippen molar-refractivity contribution in [2.24, 2.45) is 0 Å². The van der Waals surface area contributed by atoms with Gasteiger partial charge in [0.05, 0.1) is 17.6 Å². The molecular formula is C30H30ClF3N5O8P. The lowest BCUT2D eigenvalue weighted by Gasteiger charge is -2.28. The summed E-state index contributed by atoms with van der Waals surface area (Å²) in [4.78, 5) is 21.3. The van der Waals surface area contributed by atoms with Gasteiger partial charge in [0.1, 0.15) is 53.5 Å². The highest BCUT2D eigenvalue weighted by Crippen LogP contribution is 2.53. The van der Waals surface area contributed by atoms with Gasteiger partial charge in [-0.15, -0.1) is 0 Å². The highest BCUT2D eigenvalue weighted by atomic mass is 35.5. The molecule has 0 amide bonds. The second kappa shape index (κ2) is 12.6. The average molecular weight is 712 g/mol. The highest BCUT2D eigenvalue weighted by Gasteiger charge is 2.58. The van der Waals surface area contributed by atoms with E-state index in [1.54, 1.807) is 12.3 Å². The summed E-state index contributed by atoms with van der Waals surface area (Å²) in [6, 6.07) is 12.0. The number of nitrogens with one attached hydrogen (secondary N) is 1. The molecule has 0 bridgehead atoms. The van der Waals surface area contributed by atoms with Crippen molar-refractivity contribution in [3.05, 3.63) is 83.3 Å². The van der Waals surface area contributed by atoms with Crippen molar-refractivity contribution in [3.63, 3.8) is 0 Å². The number of fused-ring (bicyclic) bond motifs is 1. The predicted molar refractivity (Wildman–Crippen MR) is 164 cm³/mol. The lowest BCUT2D eigenvalue weighted by atomic mass is 9.96. The lowest BCUT2D eigenvalue weighted by molar-refractivity contribution is -0.150. The number of hydrogen-bond acceptors (Lipinski definition) is 11. The van der Waals surface area contributed by atoms with Gasteiger partial charge in [-0.1, -0.05) is 29.8 Å². The molecule has 1 aliphatic heterocycles. The molecule has 2 aromatic heterocycles. The van der Waals surface area contributed by atoms with Crippen LogP contribution in [0.2, 0.25) is 5.02 Å². The fourth-order valence-corrected chi connectivity index (χ4v) is 7.27. The first-order valence-electron chi connectivity index (χ1n) is 14.6. The number of nitrogens with zero attached hydrogens (tertiary/aromatic N) is 3. The SMILES string of the molecule is C[C@]1(O)C(n2ccc3c(N)ncnc32)OC(COP(=O)(NC2(C(=O)OCc3ccccc3C(F)(F)F)CC2)Oc2ccc(Cl)cc2)[C@H]1O. The van der Waals surface area contributed by atoms with Gasteiger partial charge in [0, 0.05) is 16.8 Å². The summed E-state index contributed by atoms with van der Waals surface area (Å²) in [5, 5.41) is 25.8. The summed E-state index contributed by atoms with van der Waals surface area (Å²) < 4.78 is 78.8. The second-order valence-corrected chi connectivity index (χ2v) is 13.8. The minimum Gasteiger partial charge on any atom is -0.459 e. The quantitative estimate of drug-likeness (QED) is 0.124. The molecule has 6 rings (SSSR count). The van der Waals surface area contributed by atoms with Crippen LogP contribution < -0.4 is 15.3 Å². The summed E-state index contributed by atoms with van der Waals surface area (Å²) in [5.74, 6) is -0.739. The second-order valence-electron chi connectivity index (χ2n) is 11.7. The molecule has 18 heteroatoms. The Balaban J connectivity index is 1.20. The minimum atomic E-state index is -4.67. The summed E-state index contributed by atoms with van der Waals surface area (Å²) >= 11 is 5.97. The molecule has 0 radical (unpaired) electrons. The number of rotatable bonds is 11. The van der Waals surface area contributed by atoms with Gasteiger partial charge in [-0.2, -0.15) is 18.3 Å². The minimum absolute atomic E-state index is 0.0346. The average Bonchev–Trinajstić information content (AvgIpc) is 3.62. The number of nitrogen functional groups attached to an aromatic ring is 1. The number of nitrogens with two attached hydrogens (primary N) is 1. The number of aromatic nitrogens is 3. The van der Waals surface area contributed by atoms with E-state index in [1.807, 2.05) is 0 Å². The molecule has 5 atom stereocenters. The fraction of sp³-hybridized carbons (Fsp3) is 0.367. The molecule has 256 valence electrons. The summed E-state index contributed by atoms with van der Waals surface area (Å²) in [5.41, 5.74) is 1.53. The van der Waals surface area contributed by atoms with Gasteiger partial charge in [0.15, 0.2) is 6.23 Å². The Labute approximate surface area is 276 Å². The van der Waals surface area contributed by atoms with Gasteiger partial charge in [0.2, 0.25) is 0 Å². The molecule has 1 aliphatic carbocycles. The van der Waals surface area contributed by atoms with E-state index in [1.165, 1.54) is 60.3 Å². The van der Waals surface area contributed by atoms with Crippen molar-refractivity contribution in [2.75, 3.05) is 12.3 Å². The molecular weight excluding hydrogens is 682 g/mol. The van der Waals surface area contributed by atoms with E-state index in [-0.39, 0.29) is 30.0 Å². The van der Waals surface area contributed by atoms with Gasteiger partial charge in [-0.05, 0) is 56.2 Å². The fourth-order valence-electron chi connectivity index (χ4n) is 5.40. The molecule has 13 nitrogen and oxygen atoms in total. The van der Waals surface area contributed by atoms with Crippen LogP contribution >= 0.6 is 19.3 Å². The molecule has 0 spiro atoms. The van der Waals surface area contributed by atoms with Crippen molar-refractivity contribution in [3.8, 4) is 5.75 Å². The van der Waals surface area contributed by atoms with Crippen LogP contribution in [-0.4, -0.2) is 60.7 Å². The maximum absolute atomic E-state index is 14.3. The van der Waals surface area contributed by atoms with Crippen LogP contribution in [-0.2, 0) is 36.1 Å². The van der Waals surface area contributed by atoms with Crippen LogP contribution in [0.25, 0.3) is 11.0 Å². The number of ether oxygens (including phenoxy) is 2. The normalized spacial score (nSPS) is 24.7. The van der Waals surface area contributed by atoms with Crippen LogP contribution in [0.3, 0.4) is 0 Å². The Morgan fingerprint density at radius 2 is 1.90 bits per heavy atom. The standard InChI is InChI=1S/C30H30ClF3N5O8P/c1-28(42)23(40)22(46-26(28)39-13-10-20-24(35)36-16-37-25(20)39)15-45-48(43,47-19-8-6-18(31)7-9-19)38-29(11-12-29)27(41)44-14-17-4-2-3-5-21(17)30(32,33)34/h2-10,13,16,22-23,26,40,42H,11-12,14-15H2,1H3,(H,38,43)(H2,35,36,37)/t22?,23-,26?,28-,48?/m1/s1. The van der Waals surface area contributed by atoms with Crippen molar-refractivity contribution < 1.29 is 51.3 Å². The Bertz CT molecular complexity index is 1870. The van der Waals surface area contributed by atoms with Gasteiger partial charge in [-0.25, -0.2) is 14.5 Å². The van der Waals surface area contributed by atoms with E-state index in [2.05, 4.69) is 15.1 Å². The molecule has 1 saturated carbocycles. The summed E-state index contributed by atoms with van der Waals surface area (Å²) in [6.45, 7) is 0.0450. The molecule has 48 heavy (non-hydrogen) atoms. The number of carbonyl (C=O) groups excluding carboxylic acids is 1. The van der Waals surface area contributed by atoms with Crippen LogP contribution in [0.5, 0.6) is 5.75 Å². The first-order chi connectivity index (χ1) is 22.6. The van der Waals surface area contributed by atoms with Crippen LogP contribution in [0, 0.1) is 0 Å². The molecule has 4 aromatic rings. The third-order valence-corrected chi connectivity index (χ3v) is 10.1. The van der Waals surface area contributed by atoms with Crippen molar-refractivity contribution in [1.29, 1.82) is 0 Å². The number of esters is 1. The van der Waals surface area contributed by atoms with Crippen molar-refractivity contribution >= 4 is 42.2 Å². The number of hydrogen-bond donors (Lipinski definition) is 4. The summed E-state index contributed by atoms with van der Waals surface area (Å²) in [7, 11) is -4.54. The highest BCUT2D eigenvalue weighted by molar-refractivity contribution is 7.52. The van der Waals surface area contributed by atoms with E-state index in [4.69, 9.17) is 35.9 Å². The number of alkyl halides is 3. The van der Waals surface area contributed by atoms with Gasteiger partial charge in [0.25, 0.3) is 0 Å². The first kappa shape index (κ1) is 34.1. The Kier molecular flexibility index (Phi) is 8.96. The van der Waals surface area contributed by atoms with Crippen LogP contribution in [0.15, 0.2) is 67.1 Å². The zero-order chi connectivity index (χ0) is 34.5. The molecule has 2 aliphatic rings. The van der Waals surface area contributed by atoms with Crippen molar-refractivity contribution in [1.82, 2.24) is 19.6 Å². The topological polar surface area (TPSA) is 180 Å². The third kappa shape index (κ3) is 6.74.